The smallest absolute Gasteiger partial charge is 0.227 e. The summed E-state index contributed by atoms with van der Waals surface area (Å²) < 4.78 is 5.70. The van der Waals surface area contributed by atoms with E-state index in [-0.39, 0.29) is 0 Å². The van der Waals surface area contributed by atoms with E-state index in [0.29, 0.717) is 11.5 Å². The number of rotatable bonds is 1. The quantitative estimate of drug-likeness (QED) is 0.612. The summed E-state index contributed by atoms with van der Waals surface area (Å²) in [5.74, 6) is 5.71. The highest BCUT2D eigenvalue weighted by Gasteiger charge is 2.08. The second-order valence-corrected chi connectivity index (χ2v) is 4.07. The molecule has 1 aromatic heterocycles. The Morgan fingerprint density at radius 1 is 0.947 bits per heavy atom. The maximum atomic E-state index is 5.70. The molecule has 0 aliphatic carbocycles. The average molecular weight is 243 g/mol. The van der Waals surface area contributed by atoms with Crippen LogP contribution in [0.1, 0.15) is 11.1 Å². The lowest BCUT2D eigenvalue weighted by atomic mass is 10.1. The number of terminal acetylenes is 2. The lowest BCUT2D eigenvalue weighted by Gasteiger charge is -1.95. The van der Waals surface area contributed by atoms with Crippen LogP contribution in [0, 0.1) is 24.7 Å². The Hall–Kier alpha value is -2.97. The van der Waals surface area contributed by atoms with E-state index < -0.39 is 0 Å². The highest BCUT2D eigenvalue weighted by atomic mass is 16.3. The first kappa shape index (κ1) is 11.1. The first-order chi connectivity index (χ1) is 9.30. The minimum absolute atomic E-state index is 0.543. The van der Waals surface area contributed by atoms with Crippen LogP contribution in [-0.2, 0) is 0 Å². The monoisotopic (exact) mass is 243 g/mol. The summed E-state index contributed by atoms with van der Waals surface area (Å²) >= 11 is 0. The van der Waals surface area contributed by atoms with Gasteiger partial charge in [-0.25, -0.2) is 4.98 Å². The van der Waals surface area contributed by atoms with Crippen molar-refractivity contribution in [2.45, 2.75) is 0 Å². The molecule has 2 nitrogen and oxygen atoms in total. The van der Waals surface area contributed by atoms with Gasteiger partial charge in [0, 0.05) is 16.7 Å². The summed E-state index contributed by atoms with van der Waals surface area (Å²) in [5, 5.41) is 0. The van der Waals surface area contributed by atoms with Gasteiger partial charge in [0.2, 0.25) is 5.89 Å². The van der Waals surface area contributed by atoms with Gasteiger partial charge in [-0.3, -0.25) is 0 Å². The molecule has 88 valence electrons. The standard InChI is InChI=1S/C17H9NO/c1-3-12-6-5-7-14(10-12)17-18-15-11-13(4-2)8-9-16(15)19-17/h1-2,5-11H. The Morgan fingerprint density at radius 2 is 1.74 bits per heavy atom. The Bertz CT molecular complexity index is 844. The van der Waals surface area contributed by atoms with E-state index in [1.165, 1.54) is 0 Å². The van der Waals surface area contributed by atoms with Gasteiger partial charge in [-0.05, 0) is 36.4 Å². The van der Waals surface area contributed by atoms with E-state index in [4.69, 9.17) is 17.3 Å². The number of hydrogen-bond donors (Lipinski definition) is 0. The number of oxazole rings is 1. The molecule has 3 rings (SSSR count). The van der Waals surface area contributed by atoms with Crippen LogP contribution in [0.5, 0.6) is 0 Å². The molecule has 0 unspecified atom stereocenters. The number of aromatic nitrogens is 1. The van der Waals surface area contributed by atoms with Crippen LogP contribution in [0.3, 0.4) is 0 Å². The largest absolute Gasteiger partial charge is 0.436 e. The molecule has 0 spiro atoms. The summed E-state index contributed by atoms with van der Waals surface area (Å²) in [4.78, 5) is 4.44. The van der Waals surface area contributed by atoms with E-state index in [0.717, 1.165) is 22.2 Å². The lowest BCUT2D eigenvalue weighted by Crippen LogP contribution is -1.79. The molecule has 2 heteroatoms. The minimum Gasteiger partial charge on any atom is -0.436 e. The van der Waals surface area contributed by atoms with Crippen molar-refractivity contribution in [2.24, 2.45) is 0 Å². The Labute approximate surface area is 111 Å². The average Bonchev–Trinajstić information content (AvgIpc) is 2.90. The summed E-state index contributed by atoms with van der Waals surface area (Å²) in [6, 6.07) is 13.0. The zero-order valence-corrected chi connectivity index (χ0v) is 10.1. The van der Waals surface area contributed by atoms with Crippen LogP contribution in [0.25, 0.3) is 22.6 Å². The molecule has 0 N–H and O–H groups in total. The van der Waals surface area contributed by atoms with Crippen LogP contribution in [0.4, 0.5) is 0 Å². The van der Waals surface area contributed by atoms with Gasteiger partial charge in [-0.15, -0.1) is 12.8 Å². The SMILES string of the molecule is C#Cc1cccc(-c2nc3cc(C#C)ccc3o2)c1. The molecule has 1 heterocycles. The Balaban J connectivity index is 2.15. The van der Waals surface area contributed by atoms with Crippen LogP contribution >= 0.6 is 0 Å². The van der Waals surface area contributed by atoms with Gasteiger partial charge < -0.3 is 4.42 Å². The highest BCUT2D eigenvalue weighted by molar-refractivity contribution is 5.78. The van der Waals surface area contributed by atoms with Crippen molar-refractivity contribution in [3.8, 4) is 36.1 Å². The van der Waals surface area contributed by atoms with Gasteiger partial charge in [-0.2, -0.15) is 0 Å². The van der Waals surface area contributed by atoms with Gasteiger partial charge in [0.15, 0.2) is 5.58 Å². The zero-order valence-electron chi connectivity index (χ0n) is 10.1. The normalized spacial score (nSPS) is 10.0. The van der Waals surface area contributed by atoms with Crippen LogP contribution in [-0.4, -0.2) is 4.98 Å². The summed E-state index contributed by atoms with van der Waals surface area (Å²) in [7, 11) is 0. The van der Waals surface area contributed by atoms with Crippen molar-refractivity contribution in [1.29, 1.82) is 0 Å². The molecule has 0 saturated heterocycles. The molecule has 0 amide bonds. The molecule has 0 saturated carbocycles. The third kappa shape index (κ3) is 1.97. The van der Waals surface area contributed by atoms with Gasteiger partial charge in [0.05, 0.1) is 0 Å². The number of nitrogens with zero attached hydrogens (tertiary/aromatic N) is 1. The number of benzene rings is 2. The van der Waals surface area contributed by atoms with Crippen molar-refractivity contribution >= 4 is 11.1 Å². The maximum absolute atomic E-state index is 5.70. The molecule has 2 aromatic carbocycles. The molecule has 0 aliphatic heterocycles. The predicted molar refractivity (Wildman–Crippen MR) is 75.3 cm³/mol. The minimum atomic E-state index is 0.543. The van der Waals surface area contributed by atoms with Gasteiger partial charge >= 0.3 is 0 Å². The summed E-state index contributed by atoms with van der Waals surface area (Å²) in [5.41, 5.74) is 3.89. The first-order valence-corrected chi connectivity index (χ1v) is 5.74. The molecule has 19 heavy (non-hydrogen) atoms. The van der Waals surface area contributed by atoms with E-state index in [1.807, 2.05) is 42.5 Å². The lowest BCUT2D eigenvalue weighted by molar-refractivity contribution is 0.620. The van der Waals surface area contributed by atoms with Crippen molar-refractivity contribution < 1.29 is 4.42 Å². The highest BCUT2D eigenvalue weighted by Crippen LogP contribution is 2.25. The third-order valence-electron chi connectivity index (χ3n) is 2.83. The molecular formula is C17H9NO. The molecule has 0 bridgehead atoms. The topological polar surface area (TPSA) is 26.0 Å². The van der Waals surface area contributed by atoms with Gasteiger partial charge in [0.1, 0.15) is 5.52 Å². The van der Waals surface area contributed by atoms with E-state index in [9.17, 15) is 0 Å². The van der Waals surface area contributed by atoms with Crippen molar-refractivity contribution in [1.82, 2.24) is 4.98 Å². The fourth-order valence-electron chi connectivity index (χ4n) is 1.88. The zero-order chi connectivity index (χ0) is 13.2. The van der Waals surface area contributed by atoms with Crippen molar-refractivity contribution in [3.63, 3.8) is 0 Å². The van der Waals surface area contributed by atoms with Crippen LogP contribution in [0.15, 0.2) is 46.9 Å². The predicted octanol–water partition coefficient (Wildman–Crippen LogP) is 3.46. The second-order valence-electron chi connectivity index (χ2n) is 4.07. The van der Waals surface area contributed by atoms with Crippen molar-refractivity contribution in [3.05, 3.63) is 53.6 Å². The molecular weight excluding hydrogens is 234 g/mol. The number of fused-ring (bicyclic) bond motifs is 1. The second kappa shape index (κ2) is 4.37. The number of hydrogen-bond acceptors (Lipinski definition) is 2. The van der Waals surface area contributed by atoms with Gasteiger partial charge in [-0.1, -0.05) is 17.9 Å². The third-order valence-corrected chi connectivity index (χ3v) is 2.83. The first-order valence-electron chi connectivity index (χ1n) is 5.74. The summed E-state index contributed by atoms with van der Waals surface area (Å²) in [6.45, 7) is 0. The molecule has 0 fully saturated rings. The molecule has 0 radical (unpaired) electrons. The molecule has 3 aromatic rings. The Morgan fingerprint density at radius 3 is 2.53 bits per heavy atom. The van der Waals surface area contributed by atoms with Crippen molar-refractivity contribution in [2.75, 3.05) is 0 Å². The molecule has 0 atom stereocenters. The van der Waals surface area contributed by atoms with Crippen LogP contribution in [0.2, 0.25) is 0 Å². The fraction of sp³-hybridized carbons (Fsp3) is 0. The summed E-state index contributed by atoms with van der Waals surface area (Å²) in [6.07, 6.45) is 10.8. The van der Waals surface area contributed by atoms with Crippen LogP contribution < -0.4 is 0 Å². The van der Waals surface area contributed by atoms with E-state index in [1.54, 1.807) is 0 Å². The van der Waals surface area contributed by atoms with E-state index >= 15 is 0 Å². The van der Waals surface area contributed by atoms with Gasteiger partial charge in [0.25, 0.3) is 0 Å². The maximum Gasteiger partial charge on any atom is 0.227 e. The fourth-order valence-corrected chi connectivity index (χ4v) is 1.88. The molecule has 0 aliphatic rings. The van der Waals surface area contributed by atoms with E-state index in [2.05, 4.69) is 16.8 Å². The Kier molecular flexibility index (Phi) is 2.56.